The SMILES string of the molecule is CCCCCN(Cc1cc(CNCCC)sc1C)C(C)C. The zero-order chi connectivity index (χ0) is 15.7. The molecule has 0 bridgehead atoms. The van der Waals surface area contributed by atoms with Crippen LogP contribution in [-0.4, -0.2) is 24.0 Å². The van der Waals surface area contributed by atoms with Gasteiger partial charge in [-0.15, -0.1) is 11.3 Å². The number of nitrogens with zero attached hydrogens (tertiary/aromatic N) is 1. The molecule has 122 valence electrons. The van der Waals surface area contributed by atoms with Gasteiger partial charge in [0.15, 0.2) is 0 Å². The van der Waals surface area contributed by atoms with E-state index in [1.807, 2.05) is 11.3 Å². The molecule has 2 nitrogen and oxygen atoms in total. The van der Waals surface area contributed by atoms with E-state index < -0.39 is 0 Å². The summed E-state index contributed by atoms with van der Waals surface area (Å²) in [5.41, 5.74) is 1.53. The van der Waals surface area contributed by atoms with E-state index in [-0.39, 0.29) is 0 Å². The maximum Gasteiger partial charge on any atom is 0.0299 e. The summed E-state index contributed by atoms with van der Waals surface area (Å²) in [6.45, 7) is 15.9. The molecule has 0 aliphatic carbocycles. The van der Waals surface area contributed by atoms with Crippen LogP contribution in [0.5, 0.6) is 0 Å². The van der Waals surface area contributed by atoms with Crippen molar-refractivity contribution in [2.75, 3.05) is 13.1 Å². The van der Waals surface area contributed by atoms with E-state index in [2.05, 4.69) is 50.9 Å². The van der Waals surface area contributed by atoms with Crippen LogP contribution in [-0.2, 0) is 13.1 Å². The van der Waals surface area contributed by atoms with Gasteiger partial charge in [0.05, 0.1) is 0 Å². The van der Waals surface area contributed by atoms with Crippen molar-refractivity contribution in [2.45, 2.75) is 79.4 Å². The summed E-state index contributed by atoms with van der Waals surface area (Å²) < 4.78 is 0. The minimum absolute atomic E-state index is 0.628. The Morgan fingerprint density at radius 2 is 1.95 bits per heavy atom. The van der Waals surface area contributed by atoms with Crippen LogP contribution < -0.4 is 5.32 Å². The molecular formula is C18H34N2S. The lowest BCUT2D eigenvalue weighted by molar-refractivity contribution is 0.208. The second-order valence-electron chi connectivity index (χ2n) is 6.24. The third-order valence-electron chi connectivity index (χ3n) is 3.95. The number of unbranched alkanes of at least 4 members (excludes halogenated alkanes) is 2. The molecule has 0 amide bonds. The van der Waals surface area contributed by atoms with Crippen LogP contribution in [0.15, 0.2) is 6.07 Å². The number of hydrogen-bond donors (Lipinski definition) is 1. The molecule has 0 fully saturated rings. The van der Waals surface area contributed by atoms with Crippen LogP contribution >= 0.6 is 11.3 Å². The summed E-state index contributed by atoms with van der Waals surface area (Å²) in [5.74, 6) is 0. The van der Waals surface area contributed by atoms with Gasteiger partial charge in [-0.3, -0.25) is 4.90 Å². The lowest BCUT2D eigenvalue weighted by atomic mass is 10.1. The molecule has 1 heterocycles. The van der Waals surface area contributed by atoms with Crippen LogP contribution in [0.3, 0.4) is 0 Å². The third-order valence-corrected chi connectivity index (χ3v) is 5.04. The molecule has 0 aliphatic rings. The highest BCUT2D eigenvalue weighted by Gasteiger charge is 2.13. The molecule has 0 aromatic carbocycles. The molecule has 1 aromatic heterocycles. The zero-order valence-corrected chi connectivity index (χ0v) is 15.5. The predicted octanol–water partition coefficient (Wildman–Crippen LogP) is 4.96. The molecule has 1 aromatic rings. The molecule has 0 unspecified atom stereocenters. The molecule has 0 aliphatic heterocycles. The first-order valence-electron chi connectivity index (χ1n) is 8.61. The van der Waals surface area contributed by atoms with Crippen molar-refractivity contribution in [1.82, 2.24) is 10.2 Å². The quantitative estimate of drug-likeness (QED) is 0.581. The van der Waals surface area contributed by atoms with Gasteiger partial charge in [-0.2, -0.15) is 0 Å². The van der Waals surface area contributed by atoms with Crippen LogP contribution in [0.2, 0.25) is 0 Å². The monoisotopic (exact) mass is 310 g/mol. The van der Waals surface area contributed by atoms with Crippen LogP contribution in [0.4, 0.5) is 0 Å². The Balaban J connectivity index is 2.57. The molecule has 0 radical (unpaired) electrons. The Hall–Kier alpha value is -0.380. The highest BCUT2D eigenvalue weighted by molar-refractivity contribution is 7.12. The first-order chi connectivity index (χ1) is 10.1. The minimum Gasteiger partial charge on any atom is -0.312 e. The van der Waals surface area contributed by atoms with E-state index in [9.17, 15) is 0 Å². The van der Waals surface area contributed by atoms with Gasteiger partial charge in [0.2, 0.25) is 0 Å². The summed E-state index contributed by atoms with van der Waals surface area (Å²) in [5, 5.41) is 3.51. The predicted molar refractivity (Wildman–Crippen MR) is 96.1 cm³/mol. The second-order valence-corrected chi connectivity index (χ2v) is 7.58. The maximum absolute atomic E-state index is 3.51. The summed E-state index contributed by atoms with van der Waals surface area (Å²) in [6, 6.07) is 3.04. The van der Waals surface area contributed by atoms with Gasteiger partial charge in [0.25, 0.3) is 0 Å². The summed E-state index contributed by atoms with van der Waals surface area (Å²) in [7, 11) is 0. The Morgan fingerprint density at radius 3 is 2.57 bits per heavy atom. The summed E-state index contributed by atoms with van der Waals surface area (Å²) in [6.07, 6.45) is 5.17. The number of rotatable bonds is 11. The molecule has 0 atom stereocenters. The van der Waals surface area contributed by atoms with Crippen molar-refractivity contribution < 1.29 is 0 Å². The fourth-order valence-electron chi connectivity index (χ4n) is 2.52. The second kappa shape index (κ2) is 10.4. The van der Waals surface area contributed by atoms with Crippen molar-refractivity contribution in [3.8, 4) is 0 Å². The van der Waals surface area contributed by atoms with Crippen molar-refractivity contribution in [2.24, 2.45) is 0 Å². The lowest BCUT2D eigenvalue weighted by Gasteiger charge is -2.26. The fraction of sp³-hybridized carbons (Fsp3) is 0.778. The third kappa shape index (κ3) is 6.94. The molecular weight excluding hydrogens is 276 g/mol. The van der Waals surface area contributed by atoms with Crippen LogP contribution in [0.1, 0.15) is 68.7 Å². The molecule has 0 saturated heterocycles. The Morgan fingerprint density at radius 1 is 1.19 bits per heavy atom. The van der Waals surface area contributed by atoms with Crippen molar-refractivity contribution >= 4 is 11.3 Å². The van der Waals surface area contributed by atoms with Gasteiger partial charge in [-0.1, -0.05) is 26.7 Å². The minimum atomic E-state index is 0.628. The maximum atomic E-state index is 3.51. The normalized spacial score (nSPS) is 11.8. The van der Waals surface area contributed by atoms with Crippen molar-refractivity contribution in [1.29, 1.82) is 0 Å². The highest BCUT2D eigenvalue weighted by atomic mass is 32.1. The van der Waals surface area contributed by atoms with Gasteiger partial charge in [0.1, 0.15) is 0 Å². The number of nitrogens with one attached hydrogen (secondary N) is 1. The smallest absolute Gasteiger partial charge is 0.0299 e. The molecule has 1 N–H and O–H groups in total. The van der Waals surface area contributed by atoms with E-state index in [4.69, 9.17) is 0 Å². The van der Waals surface area contributed by atoms with Gasteiger partial charge >= 0.3 is 0 Å². The lowest BCUT2D eigenvalue weighted by Crippen LogP contribution is -2.31. The summed E-state index contributed by atoms with van der Waals surface area (Å²) in [4.78, 5) is 5.59. The Labute approximate surface area is 135 Å². The van der Waals surface area contributed by atoms with E-state index >= 15 is 0 Å². The van der Waals surface area contributed by atoms with Crippen LogP contribution in [0.25, 0.3) is 0 Å². The number of thiophene rings is 1. The number of aryl methyl sites for hydroxylation is 1. The fourth-order valence-corrected chi connectivity index (χ4v) is 3.55. The Bertz CT molecular complexity index is 385. The highest BCUT2D eigenvalue weighted by Crippen LogP contribution is 2.24. The van der Waals surface area contributed by atoms with E-state index in [1.165, 1.54) is 47.5 Å². The van der Waals surface area contributed by atoms with E-state index in [0.29, 0.717) is 6.04 Å². The molecule has 21 heavy (non-hydrogen) atoms. The topological polar surface area (TPSA) is 15.3 Å². The van der Waals surface area contributed by atoms with Gasteiger partial charge < -0.3 is 5.32 Å². The summed E-state index contributed by atoms with van der Waals surface area (Å²) >= 11 is 1.96. The molecule has 0 saturated carbocycles. The van der Waals surface area contributed by atoms with E-state index in [0.717, 1.165) is 19.6 Å². The Kier molecular flexibility index (Phi) is 9.21. The van der Waals surface area contributed by atoms with Crippen molar-refractivity contribution in [3.05, 3.63) is 21.4 Å². The van der Waals surface area contributed by atoms with Gasteiger partial charge in [-0.25, -0.2) is 0 Å². The van der Waals surface area contributed by atoms with Gasteiger partial charge in [0, 0.05) is 28.9 Å². The molecule has 3 heteroatoms. The van der Waals surface area contributed by atoms with E-state index in [1.54, 1.807) is 0 Å². The first kappa shape index (κ1) is 18.7. The number of hydrogen-bond acceptors (Lipinski definition) is 3. The first-order valence-corrected chi connectivity index (χ1v) is 9.43. The van der Waals surface area contributed by atoms with Crippen LogP contribution in [0, 0.1) is 6.92 Å². The molecule has 0 spiro atoms. The zero-order valence-electron chi connectivity index (χ0n) is 14.7. The molecule has 1 rings (SSSR count). The average Bonchev–Trinajstić information content (AvgIpc) is 2.78. The van der Waals surface area contributed by atoms with Crippen molar-refractivity contribution in [3.63, 3.8) is 0 Å². The standard InChI is InChI=1S/C18H34N2S/c1-6-8-9-11-20(15(3)4)14-17-12-18(21-16(17)5)13-19-10-7-2/h12,15,19H,6-11,13-14H2,1-5H3. The largest absolute Gasteiger partial charge is 0.312 e. The average molecular weight is 311 g/mol. The van der Waals surface area contributed by atoms with Gasteiger partial charge in [-0.05, 0) is 58.3 Å².